The fourth-order valence-electron chi connectivity index (χ4n) is 2.94. The zero-order chi connectivity index (χ0) is 16.3. The molecule has 0 spiro atoms. The SMILES string of the molecule is C[C@H]1[C@H](C)CCC[C@H]1NC(=O)Cn1cc([N+](=O)[O-])ccc1=O. The van der Waals surface area contributed by atoms with E-state index in [1.807, 2.05) is 0 Å². The van der Waals surface area contributed by atoms with Crippen LogP contribution in [0.15, 0.2) is 23.1 Å². The van der Waals surface area contributed by atoms with E-state index in [9.17, 15) is 19.7 Å². The first-order valence-corrected chi connectivity index (χ1v) is 7.52. The van der Waals surface area contributed by atoms with E-state index in [1.165, 1.54) is 0 Å². The summed E-state index contributed by atoms with van der Waals surface area (Å²) in [5.41, 5.74) is -0.627. The van der Waals surface area contributed by atoms with E-state index in [4.69, 9.17) is 0 Å². The number of nitro groups is 1. The van der Waals surface area contributed by atoms with Gasteiger partial charge in [0.05, 0.1) is 11.1 Å². The Labute approximate surface area is 128 Å². The second kappa shape index (κ2) is 6.72. The summed E-state index contributed by atoms with van der Waals surface area (Å²) in [7, 11) is 0. The van der Waals surface area contributed by atoms with E-state index < -0.39 is 10.5 Å². The van der Waals surface area contributed by atoms with E-state index in [1.54, 1.807) is 0 Å². The number of nitrogens with one attached hydrogen (secondary N) is 1. The summed E-state index contributed by atoms with van der Waals surface area (Å²) in [6.07, 6.45) is 4.28. The summed E-state index contributed by atoms with van der Waals surface area (Å²) in [5.74, 6) is 0.660. The maximum Gasteiger partial charge on any atom is 0.285 e. The molecule has 0 aliphatic heterocycles. The molecule has 1 heterocycles. The number of nitrogens with zero attached hydrogens (tertiary/aromatic N) is 2. The molecule has 0 aromatic carbocycles. The molecule has 2 rings (SSSR count). The first-order chi connectivity index (χ1) is 10.4. The Hall–Kier alpha value is -2.18. The fourth-order valence-corrected chi connectivity index (χ4v) is 2.94. The van der Waals surface area contributed by atoms with Crippen molar-refractivity contribution < 1.29 is 9.72 Å². The quantitative estimate of drug-likeness (QED) is 0.676. The Bertz CT molecular complexity index is 625. The minimum absolute atomic E-state index is 0.102. The van der Waals surface area contributed by atoms with Gasteiger partial charge in [0.15, 0.2) is 0 Å². The van der Waals surface area contributed by atoms with E-state index in [-0.39, 0.29) is 24.2 Å². The molecule has 1 aromatic rings. The molecule has 1 aliphatic rings. The van der Waals surface area contributed by atoms with Crippen LogP contribution < -0.4 is 10.9 Å². The molecule has 1 saturated carbocycles. The lowest BCUT2D eigenvalue weighted by molar-refractivity contribution is -0.385. The summed E-state index contributed by atoms with van der Waals surface area (Å²) in [4.78, 5) is 34.0. The molecule has 22 heavy (non-hydrogen) atoms. The van der Waals surface area contributed by atoms with Crippen molar-refractivity contribution in [3.63, 3.8) is 0 Å². The van der Waals surface area contributed by atoms with Crippen molar-refractivity contribution in [2.45, 2.75) is 45.7 Å². The molecule has 1 aliphatic carbocycles. The van der Waals surface area contributed by atoms with Gasteiger partial charge < -0.3 is 5.32 Å². The number of aromatic nitrogens is 1. The van der Waals surface area contributed by atoms with Crippen molar-refractivity contribution >= 4 is 11.6 Å². The van der Waals surface area contributed by atoms with Crippen LogP contribution in [0.1, 0.15) is 33.1 Å². The third kappa shape index (κ3) is 3.72. The van der Waals surface area contributed by atoms with E-state index in [0.717, 1.165) is 42.2 Å². The second-order valence-electron chi connectivity index (χ2n) is 6.05. The van der Waals surface area contributed by atoms with Crippen LogP contribution in [0.25, 0.3) is 0 Å². The van der Waals surface area contributed by atoms with Crippen LogP contribution in [0.2, 0.25) is 0 Å². The molecule has 3 atom stereocenters. The second-order valence-corrected chi connectivity index (χ2v) is 6.05. The zero-order valence-corrected chi connectivity index (χ0v) is 12.8. The first-order valence-electron chi connectivity index (χ1n) is 7.52. The van der Waals surface area contributed by atoms with E-state index in [2.05, 4.69) is 19.2 Å². The Morgan fingerprint density at radius 3 is 2.82 bits per heavy atom. The number of hydrogen-bond acceptors (Lipinski definition) is 4. The van der Waals surface area contributed by atoms with Crippen molar-refractivity contribution in [2.75, 3.05) is 0 Å². The first kappa shape index (κ1) is 16.2. The van der Waals surface area contributed by atoms with Crippen LogP contribution in [0, 0.1) is 22.0 Å². The number of hydrogen-bond donors (Lipinski definition) is 1. The van der Waals surface area contributed by atoms with Crippen LogP contribution in [-0.4, -0.2) is 21.4 Å². The summed E-state index contributed by atoms with van der Waals surface area (Å²) in [5, 5.41) is 13.7. The molecule has 0 radical (unpaired) electrons. The molecule has 7 nitrogen and oxygen atoms in total. The number of pyridine rings is 1. The molecule has 0 saturated heterocycles. The molecule has 1 N–H and O–H groups in total. The van der Waals surface area contributed by atoms with E-state index in [0.29, 0.717) is 11.8 Å². The van der Waals surface area contributed by atoms with Crippen molar-refractivity contribution in [1.82, 2.24) is 9.88 Å². The van der Waals surface area contributed by atoms with E-state index >= 15 is 0 Å². The van der Waals surface area contributed by atoms with Gasteiger partial charge in [0.2, 0.25) is 5.91 Å². The Kier molecular flexibility index (Phi) is 4.95. The lowest BCUT2D eigenvalue weighted by Gasteiger charge is -2.34. The highest BCUT2D eigenvalue weighted by Crippen LogP contribution is 2.29. The van der Waals surface area contributed by atoms with Gasteiger partial charge in [0, 0.05) is 18.2 Å². The van der Waals surface area contributed by atoms with Gasteiger partial charge in [-0.05, 0) is 18.3 Å². The van der Waals surface area contributed by atoms with Crippen molar-refractivity contribution in [1.29, 1.82) is 0 Å². The molecule has 0 bridgehead atoms. The number of carbonyl (C=O) groups excluding carboxylic acids is 1. The molecule has 0 unspecified atom stereocenters. The van der Waals surface area contributed by atoms with Crippen molar-refractivity contribution in [2.24, 2.45) is 11.8 Å². The monoisotopic (exact) mass is 307 g/mol. The van der Waals surface area contributed by atoms with Crippen LogP contribution in [0.5, 0.6) is 0 Å². The highest BCUT2D eigenvalue weighted by Gasteiger charge is 2.28. The lowest BCUT2D eigenvalue weighted by atomic mass is 9.78. The number of amides is 1. The van der Waals surface area contributed by atoms with Crippen LogP contribution in [0.4, 0.5) is 5.69 Å². The third-order valence-corrected chi connectivity index (χ3v) is 4.55. The van der Waals surface area contributed by atoms with Crippen LogP contribution in [0.3, 0.4) is 0 Å². The summed E-state index contributed by atoms with van der Waals surface area (Å²) >= 11 is 0. The van der Waals surface area contributed by atoms with Crippen LogP contribution >= 0.6 is 0 Å². The minimum Gasteiger partial charge on any atom is -0.352 e. The summed E-state index contributed by atoms with van der Waals surface area (Å²) in [6, 6.07) is 2.35. The number of rotatable bonds is 4. The Morgan fingerprint density at radius 2 is 2.14 bits per heavy atom. The normalized spacial score (nSPS) is 24.7. The maximum absolute atomic E-state index is 12.1. The molecular weight excluding hydrogens is 286 g/mol. The summed E-state index contributed by atoms with van der Waals surface area (Å²) in [6.45, 7) is 4.10. The van der Waals surface area contributed by atoms with Crippen molar-refractivity contribution in [3.05, 3.63) is 38.8 Å². The maximum atomic E-state index is 12.1. The van der Waals surface area contributed by atoms with Gasteiger partial charge in [0.25, 0.3) is 11.2 Å². The van der Waals surface area contributed by atoms with Gasteiger partial charge in [0.1, 0.15) is 6.54 Å². The third-order valence-electron chi connectivity index (χ3n) is 4.55. The lowest BCUT2D eigenvalue weighted by Crippen LogP contribution is -2.45. The summed E-state index contributed by atoms with van der Waals surface area (Å²) < 4.78 is 1.07. The predicted molar refractivity (Wildman–Crippen MR) is 81.5 cm³/mol. The van der Waals surface area contributed by atoms with Gasteiger partial charge in [-0.15, -0.1) is 0 Å². The topological polar surface area (TPSA) is 94.2 Å². The standard InChI is InChI=1S/C15H21N3O4/c1-10-4-3-5-13(11(10)2)16-14(19)9-17-8-12(18(21)22)6-7-15(17)20/h6-8,10-11,13H,3-5,9H2,1-2H3,(H,16,19)/t10-,11+,13-/m1/s1. The van der Waals surface area contributed by atoms with Gasteiger partial charge in [-0.25, -0.2) is 0 Å². The zero-order valence-electron chi connectivity index (χ0n) is 12.8. The smallest absolute Gasteiger partial charge is 0.285 e. The molecular formula is C15H21N3O4. The number of carbonyl (C=O) groups is 1. The molecule has 1 aromatic heterocycles. The molecule has 120 valence electrons. The van der Waals surface area contributed by atoms with Gasteiger partial charge in [-0.3, -0.25) is 24.3 Å². The Morgan fingerprint density at radius 1 is 1.41 bits per heavy atom. The van der Waals surface area contributed by atoms with Crippen LogP contribution in [-0.2, 0) is 11.3 Å². The fraction of sp³-hybridized carbons (Fsp3) is 0.600. The molecule has 7 heteroatoms. The average Bonchev–Trinajstić information content (AvgIpc) is 2.46. The highest BCUT2D eigenvalue weighted by molar-refractivity contribution is 5.76. The minimum atomic E-state index is -0.585. The van der Waals surface area contributed by atoms with Gasteiger partial charge in [-0.2, -0.15) is 0 Å². The Balaban J connectivity index is 2.04. The predicted octanol–water partition coefficient (Wildman–Crippen LogP) is 1.70. The molecule has 1 fully saturated rings. The highest BCUT2D eigenvalue weighted by atomic mass is 16.6. The average molecular weight is 307 g/mol. The van der Waals surface area contributed by atoms with Crippen molar-refractivity contribution in [3.8, 4) is 0 Å². The van der Waals surface area contributed by atoms with Gasteiger partial charge >= 0.3 is 0 Å². The largest absolute Gasteiger partial charge is 0.352 e. The molecule has 1 amide bonds. The van der Waals surface area contributed by atoms with Gasteiger partial charge in [-0.1, -0.05) is 26.7 Å².